The van der Waals surface area contributed by atoms with Gasteiger partial charge in [0.2, 0.25) is 0 Å². The summed E-state index contributed by atoms with van der Waals surface area (Å²) < 4.78 is 19.5. The Morgan fingerprint density at radius 2 is 1.62 bits per heavy atom. The predicted molar refractivity (Wildman–Crippen MR) is 115 cm³/mol. The quantitative estimate of drug-likeness (QED) is 0.402. The van der Waals surface area contributed by atoms with Gasteiger partial charge < -0.3 is 10.1 Å². The van der Waals surface area contributed by atoms with Gasteiger partial charge in [-0.15, -0.1) is 11.3 Å². The third kappa shape index (κ3) is 5.28. The van der Waals surface area contributed by atoms with Crippen LogP contribution in [0.3, 0.4) is 0 Å². The molecule has 4 aromatic rings. The van der Waals surface area contributed by atoms with Gasteiger partial charge in [0.25, 0.3) is 0 Å². The molecule has 1 heterocycles. The average Bonchev–Trinajstić information content (AvgIpc) is 3.24. The molecule has 0 amide bonds. The van der Waals surface area contributed by atoms with E-state index < -0.39 is 0 Å². The highest BCUT2D eigenvalue weighted by atomic mass is 32.1. The van der Waals surface area contributed by atoms with Crippen LogP contribution in [0.5, 0.6) is 5.75 Å². The number of ether oxygens (including phenoxy) is 1. The van der Waals surface area contributed by atoms with Gasteiger partial charge in [-0.3, -0.25) is 0 Å². The fraction of sp³-hybridized carbons (Fsp3) is 0.125. The highest BCUT2D eigenvalue weighted by molar-refractivity contribution is 7.15. The number of nitrogens with zero attached hydrogens (tertiary/aromatic N) is 1. The van der Waals surface area contributed by atoms with Crippen LogP contribution in [-0.2, 0) is 19.7 Å². The molecule has 0 spiro atoms. The van der Waals surface area contributed by atoms with Crippen molar-refractivity contribution in [2.75, 3.05) is 0 Å². The van der Waals surface area contributed by atoms with Gasteiger partial charge in [0, 0.05) is 24.8 Å². The Morgan fingerprint density at radius 1 is 0.862 bits per heavy atom. The summed E-state index contributed by atoms with van der Waals surface area (Å²) in [6, 6.07) is 25.0. The molecule has 146 valence electrons. The smallest absolute Gasteiger partial charge is 0.127 e. The molecule has 4 rings (SSSR count). The zero-order valence-electron chi connectivity index (χ0n) is 15.8. The predicted octanol–water partition coefficient (Wildman–Crippen LogP) is 5.82. The lowest BCUT2D eigenvalue weighted by Gasteiger charge is -2.06. The maximum Gasteiger partial charge on any atom is 0.127 e. The third-order valence-corrected chi connectivity index (χ3v) is 5.54. The van der Waals surface area contributed by atoms with Crippen molar-refractivity contribution in [3.05, 3.63) is 107 Å². The first-order valence-corrected chi connectivity index (χ1v) is 10.3. The highest BCUT2D eigenvalue weighted by Crippen LogP contribution is 2.28. The van der Waals surface area contributed by atoms with Crippen LogP contribution in [0.25, 0.3) is 10.4 Å². The lowest BCUT2D eigenvalue weighted by molar-refractivity contribution is 0.306. The Labute approximate surface area is 173 Å². The number of halogens is 1. The summed E-state index contributed by atoms with van der Waals surface area (Å²) in [5, 5.41) is 4.23. The van der Waals surface area contributed by atoms with Crippen LogP contribution in [-0.4, -0.2) is 4.98 Å². The summed E-state index contributed by atoms with van der Waals surface area (Å²) in [6.07, 6.45) is 1.88. The fourth-order valence-electron chi connectivity index (χ4n) is 2.93. The Hall–Kier alpha value is -3.02. The van der Waals surface area contributed by atoms with Crippen molar-refractivity contribution in [3.63, 3.8) is 0 Å². The summed E-state index contributed by atoms with van der Waals surface area (Å²) in [7, 11) is 0. The van der Waals surface area contributed by atoms with E-state index in [9.17, 15) is 4.39 Å². The van der Waals surface area contributed by atoms with Crippen molar-refractivity contribution in [1.82, 2.24) is 10.3 Å². The largest absolute Gasteiger partial charge is 0.489 e. The van der Waals surface area contributed by atoms with Crippen LogP contribution < -0.4 is 10.1 Å². The number of rotatable bonds is 8. The second-order valence-corrected chi connectivity index (χ2v) is 7.73. The van der Waals surface area contributed by atoms with Crippen molar-refractivity contribution in [2.24, 2.45) is 0 Å². The number of thiazole rings is 1. The monoisotopic (exact) mass is 404 g/mol. The zero-order chi connectivity index (χ0) is 19.9. The SMILES string of the molecule is Fc1ccccc1CNCc1ncc(-c2ccc(OCc3ccccc3)cc2)s1. The molecule has 0 aliphatic carbocycles. The Bertz CT molecular complexity index is 1050. The summed E-state index contributed by atoms with van der Waals surface area (Å²) in [5.41, 5.74) is 2.91. The van der Waals surface area contributed by atoms with E-state index in [1.165, 1.54) is 6.07 Å². The molecule has 0 saturated heterocycles. The normalized spacial score (nSPS) is 10.8. The minimum atomic E-state index is -0.186. The molecule has 0 fully saturated rings. The second kappa shape index (κ2) is 9.45. The molecule has 0 radical (unpaired) electrons. The first-order chi connectivity index (χ1) is 14.3. The van der Waals surface area contributed by atoms with E-state index in [1.807, 2.05) is 66.9 Å². The molecule has 0 saturated carbocycles. The molecule has 0 aliphatic rings. The summed E-state index contributed by atoms with van der Waals surface area (Å²) in [4.78, 5) is 5.57. The average molecular weight is 405 g/mol. The van der Waals surface area contributed by atoms with Crippen LogP contribution >= 0.6 is 11.3 Å². The fourth-order valence-corrected chi connectivity index (χ4v) is 3.82. The van der Waals surface area contributed by atoms with Crippen LogP contribution in [0.15, 0.2) is 85.1 Å². The number of hydrogen-bond donors (Lipinski definition) is 1. The van der Waals surface area contributed by atoms with Gasteiger partial charge in [-0.2, -0.15) is 0 Å². The molecule has 0 bridgehead atoms. The number of benzene rings is 3. The van der Waals surface area contributed by atoms with Crippen molar-refractivity contribution < 1.29 is 9.13 Å². The Balaban J connectivity index is 1.31. The summed E-state index contributed by atoms with van der Waals surface area (Å²) in [5.74, 6) is 0.656. The van der Waals surface area contributed by atoms with Gasteiger partial charge in [0.05, 0.1) is 4.88 Å². The maximum absolute atomic E-state index is 13.7. The van der Waals surface area contributed by atoms with E-state index in [-0.39, 0.29) is 5.82 Å². The lowest BCUT2D eigenvalue weighted by atomic mass is 10.2. The molecule has 3 nitrogen and oxygen atoms in total. The van der Waals surface area contributed by atoms with E-state index in [2.05, 4.69) is 10.3 Å². The minimum Gasteiger partial charge on any atom is -0.489 e. The van der Waals surface area contributed by atoms with E-state index in [0.717, 1.165) is 26.8 Å². The van der Waals surface area contributed by atoms with Gasteiger partial charge in [-0.25, -0.2) is 9.37 Å². The lowest BCUT2D eigenvalue weighted by Crippen LogP contribution is -2.13. The number of nitrogens with one attached hydrogen (secondary N) is 1. The van der Waals surface area contributed by atoms with E-state index >= 15 is 0 Å². The molecule has 5 heteroatoms. The Kier molecular flexibility index (Phi) is 6.29. The first kappa shape index (κ1) is 19.3. The second-order valence-electron chi connectivity index (χ2n) is 6.61. The van der Waals surface area contributed by atoms with Crippen molar-refractivity contribution in [1.29, 1.82) is 0 Å². The molecule has 29 heavy (non-hydrogen) atoms. The van der Waals surface area contributed by atoms with Gasteiger partial charge in [0.1, 0.15) is 23.2 Å². The number of aromatic nitrogens is 1. The van der Waals surface area contributed by atoms with Crippen molar-refractivity contribution in [3.8, 4) is 16.2 Å². The van der Waals surface area contributed by atoms with Crippen molar-refractivity contribution >= 4 is 11.3 Å². The standard InChI is InChI=1S/C24H21FN2OS/c25-22-9-5-4-8-20(22)14-26-16-24-27-15-23(29-24)19-10-12-21(13-11-19)28-17-18-6-2-1-3-7-18/h1-13,15,26H,14,16-17H2. The molecule has 0 aliphatic heterocycles. The third-order valence-electron chi connectivity index (χ3n) is 4.49. The van der Waals surface area contributed by atoms with Crippen LogP contribution in [0.2, 0.25) is 0 Å². The van der Waals surface area contributed by atoms with E-state index in [4.69, 9.17) is 4.74 Å². The van der Waals surface area contributed by atoms with Crippen molar-refractivity contribution in [2.45, 2.75) is 19.7 Å². The number of hydrogen-bond acceptors (Lipinski definition) is 4. The summed E-state index contributed by atoms with van der Waals surface area (Å²) in [6.45, 7) is 1.64. The Morgan fingerprint density at radius 3 is 2.41 bits per heavy atom. The molecular weight excluding hydrogens is 383 g/mol. The van der Waals surface area contributed by atoms with Gasteiger partial charge in [-0.05, 0) is 41.5 Å². The molecule has 0 atom stereocenters. The molecular formula is C24H21FN2OS. The maximum atomic E-state index is 13.7. The van der Waals surface area contributed by atoms with Gasteiger partial charge in [0.15, 0.2) is 0 Å². The molecule has 1 aromatic heterocycles. The van der Waals surface area contributed by atoms with Gasteiger partial charge in [-0.1, -0.05) is 48.5 Å². The van der Waals surface area contributed by atoms with E-state index in [1.54, 1.807) is 23.5 Å². The highest BCUT2D eigenvalue weighted by Gasteiger charge is 2.06. The topological polar surface area (TPSA) is 34.2 Å². The molecule has 1 N–H and O–H groups in total. The first-order valence-electron chi connectivity index (χ1n) is 9.44. The summed E-state index contributed by atoms with van der Waals surface area (Å²) >= 11 is 1.63. The van der Waals surface area contributed by atoms with Crippen LogP contribution in [0.1, 0.15) is 16.1 Å². The minimum absolute atomic E-state index is 0.186. The van der Waals surface area contributed by atoms with E-state index in [0.29, 0.717) is 25.3 Å². The molecule has 3 aromatic carbocycles. The van der Waals surface area contributed by atoms with Gasteiger partial charge >= 0.3 is 0 Å². The van der Waals surface area contributed by atoms with Crippen LogP contribution in [0, 0.1) is 5.82 Å². The molecule has 0 unspecified atom stereocenters. The zero-order valence-corrected chi connectivity index (χ0v) is 16.7. The van der Waals surface area contributed by atoms with Crippen LogP contribution in [0.4, 0.5) is 4.39 Å².